The third-order valence-electron chi connectivity index (χ3n) is 12.2. The van der Waals surface area contributed by atoms with Gasteiger partial charge in [0.15, 0.2) is 0 Å². The molecule has 0 fully saturated rings. The molecule has 0 N–H and O–H groups in total. The lowest BCUT2D eigenvalue weighted by Gasteiger charge is -2.23. The summed E-state index contributed by atoms with van der Waals surface area (Å²) < 4.78 is 0. The first-order chi connectivity index (χ1) is 27.0. The van der Waals surface area contributed by atoms with Crippen LogP contribution in [-0.2, 0) is 5.41 Å². The van der Waals surface area contributed by atoms with Gasteiger partial charge in [-0.1, -0.05) is 184 Å². The topological polar surface area (TPSA) is 0 Å². The summed E-state index contributed by atoms with van der Waals surface area (Å²) in [5.74, 6) is 0. The van der Waals surface area contributed by atoms with Crippen molar-refractivity contribution in [1.29, 1.82) is 0 Å². The lowest BCUT2D eigenvalue weighted by molar-refractivity contribution is 0.666. The Bertz CT molecular complexity index is 3120. The highest BCUT2D eigenvalue weighted by atomic mass is 14.4. The molecular weight excluding hydrogens is 661 g/mol. The molecule has 10 aromatic carbocycles. The molecule has 55 heavy (non-hydrogen) atoms. The fourth-order valence-electron chi connectivity index (χ4n) is 9.61. The Labute approximate surface area is 322 Å². The summed E-state index contributed by atoms with van der Waals surface area (Å²) in [6.45, 7) is 4.78. The third kappa shape index (κ3) is 4.92. The summed E-state index contributed by atoms with van der Waals surface area (Å²) in [5, 5.41) is 10.2. The SMILES string of the molecule is CC1(C)c2cc(-c3cccc(-c4c5ccccc5c(-c5cccc(-c6ccc7ccccc7c6)c5)c5ccccc45)c3)ccc2-c2ccc3ccccc3c21. The summed E-state index contributed by atoms with van der Waals surface area (Å²) >= 11 is 0. The van der Waals surface area contributed by atoms with Gasteiger partial charge in [0.2, 0.25) is 0 Å². The number of hydrogen-bond donors (Lipinski definition) is 0. The second kappa shape index (κ2) is 12.1. The van der Waals surface area contributed by atoms with Crippen LogP contribution in [0.5, 0.6) is 0 Å². The molecule has 1 aliphatic carbocycles. The average molecular weight is 699 g/mol. The van der Waals surface area contributed by atoms with Crippen molar-refractivity contribution in [1.82, 2.24) is 0 Å². The van der Waals surface area contributed by atoms with E-state index in [1.165, 1.54) is 110 Å². The Morgan fingerprint density at radius 1 is 0.291 bits per heavy atom. The average Bonchev–Trinajstić information content (AvgIpc) is 3.48. The predicted octanol–water partition coefficient (Wildman–Crippen LogP) is 15.3. The van der Waals surface area contributed by atoms with Gasteiger partial charge in [0, 0.05) is 5.41 Å². The van der Waals surface area contributed by atoms with E-state index in [0.29, 0.717) is 0 Å². The lowest BCUT2D eigenvalue weighted by Crippen LogP contribution is -2.15. The maximum Gasteiger partial charge on any atom is 0.0165 e. The summed E-state index contributed by atoms with van der Waals surface area (Å²) in [7, 11) is 0. The molecule has 0 saturated heterocycles. The van der Waals surface area contributed by atoms with Gasteiger partial charge < -0.3 is 0 Å². The molecule has 10 aromatic rings. The maximum atomic E-state index is 2.45. The second-order valence-electron chi connectivity index (χ2n) is 15.7. The van der Waals surface area contributed by atoms with Crippen LogP contribution in [0.25, 0.3) is 98.7 Å². The van der Waals surface area contributed by atoms with Crippen molar-refractivity contribution >= 4 is 43.1 Å². The van der Waals surface area contributed by atoms with E-state index in [9.17, 15) is 0 Å². The zero-order chi connectivity index (χ0) is 36.7. The van der Waals surface area contributed by atoms with Gasteiger partial charge in [0.25, 0.3) is 0 Å². The number of fused-ring (bicyclic) bond motifs is 8. The predicted molar refractivity (Wildman–Crippen MR) is 236 cm³/mol. The smallest absolute Gasteiger partial charge is 0.0165 e. The van der Waals surface area contributed by atoms with Gasteiger partial charge >= 0.3 is 0 Å². The quantitative estimate of drug-likeness (QED) is 0.161. The molecule has 0 bridgehead atoms. The molecule has 0 unspecified atom stereocenters. The minimum Gasteiger partial charge on any atom is -0.0616 e. The first-order valence-corrected chi connectivity index (χ1v) is 19.3. The van der Waals surface area contributed by atoms with E-state index in [-0.39, 0.29) is 5.41 Å². The molecular formula is C55H38. The van der Waals surface area contributed by atoms with Crippen LogP contribution in [0, 0.1) is 0 Å². The molecule has 11 rings (SSSR count). The van der Waals surface area contributed by atoms with E-state index in [0.717, 1.165) is 0 Å². The molecule has 0 atom stereocenters. The minimum absolute atomic E-state index is 0.104. The summed E-state index contributed by atoms with van der Waals surface area (Å²) in [6.07, 6.45) is 0. The highest BCUT2D eigenvalue weighted by molar-refractivity contribution is 6.21. The monoisotopic (exact) mass is 698 g/mol. The van der Waals surface area contributed by atoms with Gasteiger partial charge in [-0.15, -0.1) is 0 Å². The van der Waals surface area contributed by atoms with E-state index < -0.39 is 0 Å². The van der Waals surface area contributed by atoms with Crippen molar-refractivity contribution in [2.75, 3.05) is 0 Å². The highest BCUT2D eigenvalue weighted by Gasteiger charge is 2.37. The third-order valence-corrected chi connectivity index (χ3v) is 12.2. The van der Waals surface area contributed by atoms with Crippen molar-refractivity contribution in [2.24, 2.45) is 0 Å². The van der Waals surface area contributed by atoms with Crippen LogP contribution in [0.1, 0.15) is 25.0 Å². The zero-order valence-electron chi connectivity index (χ0n) is 31.0. The van der Waals surface area contributed by atoms with Crippen LogP contribution >= 0.6 is 0 Å². The van der Waals surface area contributed by atoms with Crippen LogP contribution < -0.4 is 0 Å². The fourth-order valence-corrected chi connectivity index (χ4v) is 9.61. The Balaban J connectivity index is 1.06. The van der Waals surface area contributed by atoms with Crippen LogP contribution in [-0.4, -0.2) is 0 Å². The van der Waals surface area contributed by atoms with Crippen molar-refractivity contribution in [3.63, 3.8) is 0 Å². The largest absolute Gasteiger partial charge is 0.0616 e. The summed E-state index contributed by atoms with van der Waals surface area (Å²) in [4.78, 5) is 0. The standard InChI is InChI=1S/C55H38/c1-55(2)51-34-41(28-29-45(51)50-30-27-36-14-5-6-20-44(36)54(50)55)39-17-12-19-43(33-39)53-48-23-9-7-21-46(48)52(47-22-8-10-24-49(47)53)42-18-11-16-38(32-42)40-26-25-35-13-3-4-15-37(35)31-40/h3-34H,1-2H3. The Morgan fingerprint density at radius 2 is 0.727 bits per heavy atom. The zero-order valence-corrected chi connectivity index (χ0v) is 31.0. The molecule has 0 spiro atoms. The molecule has 0 heteroatoms. The maximum absolute atomic E-state index is 2.45. The highest BCUT2D eigenvalue weighted by Crippen LogP contribution is 2.52. The van der Waals surface area contributed by atoms with Gasteiger partial charge in [-0.2, -0.15) is 0 Å². The molecule has 0 heterocycles. The molecule has 0 radical (unpaired) electrons. The fraction of sp³-hybridized carbons (Fsp3) is 0.0545. The molecule has 0 aromatic heterocycles. The van der Waals surface area contributed by atoms with Crippen molar-refractivity contribution in [3.8, 4) is 55.6 Å². The molecule has 0 nitrogen and oxygen atoms in total. The first-order valence-electron chi connectivity index (χ1n) is 19.3. The van der Waals surface area contributed by atoms with Gasteiger partial charge in [-0.05, 0) is 134 Å². The summed E-state index contributed by atoms with van der Waals surface area (Å²) in [6, 6.07) is 72.2. The normalized spacial score (nSPS) is 13.1. The van der Waals surface area contributed by atoms with E-state index >= 15 is 0 Å². The van der Waals surface area contributed by atoms with Crippen molar-refractivity contribution < 1.29 is 0 Å². The number of benzene rings is 10. The van der Waals surface area contributed by atoms with Gasteiger partial charge in [-0.25, -0.2) is 0 Å². The Morgan fingerprint density at radius 3 is 1.35 bits per heavy atom. The first kappa shape index (κ1) is 31.7. The van der Waals surface area contributed by atoms with Gasteiger partial charge in [0.05, 0.1) is 0 Å². The summed E-state index contributed by atoms with van der Waals surface area (Å²) in [5.41, 5.74) is 15.4. The molecule has 1 aliphatic rings. The minimum atomic E-state index is -0.104. The van der Waals surface area contributed by atoms with Crippen LogP contribution in [0.3, 0.4) is 0 Å². The Kier molecular flexibility index (Phi) is 7.00. The van der Waals surface area contributed by atoms with E-state index in [1.807, 2.05) is 0 Å². The van der Waals surface area contributed by atoms with Crippen LogP contribution in [0.4, 0.5) is 0 Å². The Hall–Kier alpha value is -6.76. The van der Waals surface area contributed by atoms with Crippen LogP contribution in [0.15, 0.2) is 194 Å². The second-order valence-corrected chi connectivity index (χ2v) is 15.7. The molecule has 258 valence electrons. The molecule has 0 aliphatic heterocycles. The lowest BCUT2D eigenvalue weighted by atomic mass is 9.79. The van der Waals surface area contributed by atoms with Gasteiger partial charge in [-0.3, -0.25) is 0 Å². The van der Waals surface area contributed by atoms with E-state index in [1.54, 1.807) is 0 Å². The number of hydrogen-bond acceptors (Lipinski definition) is 0. The molecule has 0 amide bonds. The van der Waals surface area contributed by atoms with E-state index in [4.69, 9.17) is 0 Å². The van der Waals surface area contributed by atoms with Crippen molar-refractivity contribution in [3.05, 3.63) is 205 Å². The van der Waals surface area contributed by atoms with Crippen LogP contribution in [0.2, 0.25) is 0 Å². The molecule has 0 saturated carbocycles. The van der Waals surface area contributed by atoms with Crippen molar-refractivity contribution in [2.45, 2.75) is 19.3 Å². The van der Waals surface area contributed by atoms with Gasteiger partial charge in [0.1, 0.15) is 0 Å². The van der Waals surface area contributed by atoms with E-state index in [2.05, 4.69) is 208 Å². The number of rotatable bonds is 4.